The zero-order valence-corrected chi connectivity index (χ0v) is 12.0. The SMILES string of the molecule is CCNC(Cc1ccc(F)cc1C)C1C2CCCC21. The Morgan fingerprint density at radius 3 is 2.68 bits per heavy atom. The van der Waals surface area contributed by atoms with E-state index in [2.05, 4.69) is 12.2 Å². The molecule has 19 heavy (non-hydrogen) atoms. The van der Waals surface area contributed by atoms with Crippen LogP contribution in [-0.2, 0) is 6.42 Å². The van der Waals surface area contributed by atoms with Crippen LogP contribution in [0.1, 0.15) is 37.3 Å². The maximum absolute atomic E-state index is 13.2. The summed E-state index contributed by atoms with van der Waals surface area (Å²) in [6.45, 7) is 5.23. The first-order valence-electron chi connectivity index (χ1n) is 7.69. The van der Waals surface area contributed by atoms with E-state index in [9.17, 15) is 4.39 Å². The van der Waals surface area contributed by atoms with Gasteiger partial charge in [0.2, 0.25) is 0 Å². The van der Waals surface area contributed by atoms with Gasteiger partial charge in [-0.2, -0.15) is 0 Å². The molecule has 3 unspecified atom stereocenters. The molecule has 0 amide bonds. The summed E-state index contributed by atoms with van der Waals surface area (Å²) in [5, 5.41) is 3.67. The summed E-state index contributed by atoms with van der Waals surface area (Å²) in [7, 11) is 0. The maximum atomic E-state index is 13.2. The number of hydrogen-bond donors (Lipinski definition) is 1. The minimum absolute atomic E-state index is 0.121. The Kier molecular flexibility index (Phi) is 3.62. The lowest BCUT2D eigenvalue weighted by Gasteiger charge is -2.21. The van der Waals surface area contributed by atoms with Gasteiger partial charge >= 0.3 is 0 Å². The molecule has 2 aliphatic rings. The zero-order valence-electron chi connectivity index (χ0n) is 12.0. The van der Waals surface area contributed by atoms with Gasteiger partial charge in [0.15, 0.2) is 0 Å². The largest absolute Gasteiger partial charge is 0.314 e. The Morgan fingerprint density at radius 1 is 1.32 bits per heavy atom. The molecule has 3 rings (SSSR count). The van der Waals surface area contributed by atoms with Crippen LogP contribution in [0.4, 0.5) is 4.39 Å². The highest BCUT2D eigenvalue weighted by atomic mass is 19.1. The molecule has 104 valence electrons. The molecular formula is C17H24FN. The van der Waals surface area contributed by atoms with Crippen molar-refractivity contribution in [3.8, 4) is 0 Å². The molecule has 2 fully saturated rings. The van der Waals surface area contributed by atoms with Crippen molar-refractivity contribution in [1.82, 2.24) is 5.32 Å². The summed E-state index contributed by atoms with van der Waals surface area (Å²) in [6.07, 6.45) is 5.34. The fraction of sp³-hybridized carbons (Fsp3) is 0.647. The molecule has 1 aromatic carbocycles. The van der Waals surface area contributed by atoms with Crippen LogP contribution in [0.25, 0.3) is 0 Å². The summed E-state index contributed by atoms with van der Waals surface area (Å²) < 4.78 is 13.2. The highest BCUT2D eigenvalue weighted by molar-refractivity contribution is 5.28. The second-order valence-electron chi connectivity index (χ2n) is 6.28. The highest BCUT2D eigenvalue weighted by Crippen LogP contribution is 2.59. The van der Waals surface area contributed by atoms with Crippen LogP contribution in [0.15, 0.2) is 18.2 Å². The molecule has 1 nitrogen and oxygen atoms in total. The van der Waals surface area contributed by atoms with E-state index in [1.807, 2.05) is 13.0 Å². The van der Waals surface area contributed by atoms with Crippen molar-refractivity contribution in [2.24, 2.45) is 17.8 Å². The lowest BCUT2D eigenvalue weighted by Crippen LogP contribution is -2.34. The standard InChI is InChI=1S/C17H24FN/c1-3-19-16(17-14-5-4-6-15(14)17)10-12-7-8-13(18)9-11(12)2/h7-9,14-17,19H,3-6,10H2,1-2H3. The molecule has 2 heteroatoms. The van der Waals surface area contributed by atoms with Crippen molar-refractivity contribution >= 4 is 0 Å². The molecule has 0 radical (unpaired) electrons. The Labute approximate surface area is 115 Å². The van der Waals surface area contributed by atoms with E-state index in [0.29, 0.717) is 6.04 Å². The number of fused-ring (bicyclic) bond motifs is 1. The van der Waals surface area contributed by atoms with Crippen molar-refractivity contribution < 1.29 is 4.39 Å². The number of hydrogen-bond acceptors (Lipinski definition) is 1. The third kappa shape index (κ3) is 2.55. The fourth-order valence-electron chi connectivity index (χ4n) is 4.21. The lowest BCUT2D eigenvalue weighted by molar-refractivity contribution is 0.410. The maximum Gasteiger partial charge on any atom is 0.123 e. The molecule has 0 aromatic heterocycles. The van der Waals surface area contributed by atoms with Crippen molar-refractivity contribution in [3.63, 3.8) is 0 Å². The summed E-state index contributed by atoms with van der Waals surface area (Å²) in [4.78, 5) is 0. The predicted molar refractivity (Wildman–Crippen MR) is 76.6 cm³/mol. The highest BCUT2D eigenvalue weighted by Gasteiger charge is 2.55. The van der Waals surface area contributed by atoms with Crippen molar-refractivity contribution in [2.75, 3.05) is 6.54 Å². The second-order valence-corrected chi connectivity index (χ2v) is 6.28. The molecule has 0 heterocycles. The van der Waals surface area contributed by atoms with Gasteiger partial charge in [-0.15, -0.1) is 0 Å². The van der Waals surface area contributed by atoms with Crippen LogP contribution in [0.2, 0.25) is 0 Å². The average Bonchev–Trinajstić information content (AvgIpc) is 2.85. The molecule has 0 bridgehead atoms. The Morgan fingerprint density at radius 2 is 2.05 bits per heavy atom. The molecule has 0 saturated heterocycles. The van der Waals surface area contributed by atoms with E-state index in [1.54, 1.807) is 12.1 Å². The van der Waals surface area contributed by atoms with Gasteiger partial charge in [0, 0.05) is 6.04 Å². The normalized spacial score (nSPS) is 30.2. The molecular weight excluding hydrogens is 237 g/mol. The summed E-state index contributed by atoms with van der Waals surface area (Å²) in [5.74, 6) is 2.71. The Hall–Kier alpha value is -0.890. The average molecular weight is 261 g/mol. The third-order valence-electron chi connectivity index (χ3n) is 5.15. The third-order valence-corrected chi connectivity index (χ3v) is 5.15. The number of likely N-dealkylation sites (N-methyl/N-ethyl adjacent to an activating group) is 1. The van der Waals surface area contributed by atoms with Crippen molar-refractivity contribution in [1.29, 1.82) is 0 Å². The minimum atomic E-state index is -0.121. The molecule has 2 saturated carbocycles. The quantitative estimate of drug-likeness (QED) is 0.852. The smallest absolute Gasteiger partial charge is 0.123 e. The fourth-order valence-corrected chi connectivity index (χ4v) is 4.21. The lowest BCUT2D eigenvalue weighted by atomic mass is 9.94. The van der Waals surface area contributed by atoms with Crippen molar-refractivity contribution in [3.05, 3.63) is 35.1 Å². The Balaban J connectivity index is 1.71. The van der Waals surface area contributed by atoms with Gasteiger partial charge in [-0.25, -0.2) is 4.39 Å². The topological polar surface area (TPSA) is 12.0 Å². The van der Waals surface area contributed by atoms with E-state index in [1.165, 1.54) is 24.8 Å². The number of rotatable bonds is 5. The van der Waals surface area contributed by atoms with Gasteiger partial charge < -0.3 is 5.32 Å². The molecule has 1 aromatic rings. The van der Waals surface area contributed by atoms with Crippen LogP contribution < -0.4 is 5.32 Å². The van der Waals surface area contributed by atoms with Crippen LogP contribution in [-0.4, -0.2) is 12.6 Å². The summed E-state index contributed by atoms with van der Waals surface area (Å²) in [6, 6.07) is 5.81. The second kappa shape index (κ2) is 5.24. The van der Waals surface area contributed by atoms with Gasteiger partial charge in [-0.05, 0) is 73.7 Å². The number of halogens is 1. The number of benzene rings is 1. The van der Waals surface area contributed by atoms with Gasteiger partial charge in [-0.3, -0.25) is 0 Å². The van der Waals surface area contributed by atoms with Crippen molar-refractivity contribution in [2.45, 2.75) is 45.6 Å². The molecule has 2 aliphatic carbocycles. The first kappa shape index (κ1) is 13.1. The first-order chi connectivity index (χ1) is 9.20. The number of nitrogens with one attached hydrogen (secondary N) is 1. The van der Waals surface area contributed by atoms with E-state index in [4.69, 9.17) is 0 Å². The van der Waals surface area contributed by atoms with E-state index in [-0.39, 0.29) is 5.82 Å². The summed E-state index contributed by atoms with van der Waals surface area (Å²) >= 11 is 0. The molecule has 0 aliphatic heterocycles. The predicted octanol–water partition coefficient (Wildman–Crippen LogP) is 3.70. The van der Waals surface area contributed by atoms with Crippen LogP contribution in [0, 0.1) is 30.5 Å². The van der Waals surface area contributed by atoms with Crippen LogP contribution in [0.3, 0.4) is 0 Å². The van der Waals surface area contributed by atoms with Gasteiger partial charge in [-0.1, -0.05) is 19.4 Å². The monoisotopic (exact) mass is 261 g/mol. The van der Waals surface area contributed by atoms with Gasteiger partial charge in [0.25, 0.3) is 0 Å². The van der Waals surface area contributed by atoms with E-state index < -0.39 is 0 Å². The minimum Gasteiger partial charge on any atom is -0.314 e. The summed E-state index contributed by atoms with van der Waals surface area (Å²) in [5.41, 5.74) is 2.39. The Bertz CT molecular complexity index is 447. The van der Waals surface area contributed by atoms with E-state index >= 15 is 0 Å². The van der Waals surface area contributed by atoms with Gasteiger partial charge in [0.1, 0.15) is 5.82 Å². The van der Waals surface area contributed by atoms with Crippen LogP contribution in [0.5, 0.6) is 0 Å². The number of aryl methyl sites for hydroxylation is 1. The van der Waals surface area contributed by atoms with Gasteiger partial charge in [0.05, 0.1) is 0 Å². The first-order valence-corrected chi connectivity index (χ1v) is 7.69. The van der Waals surface area contributed by atoms with E-state index in [0.717, 1.165) is 36.3 Å². The zero-order chi connectivity index (χ0) is 13.4. The molecule has 3 atom stereocenters. The molecule has 1 N–H and O–H groups in total. The molecule has 0 spiro atoms. The van der Waals surface area contributed by atoms with Crippen LogP contribution >= 0.6 is 0 Å².